The van der Waals surface area contributed by atoms with Gasteiger partial charge in [-0.2, -0.15) is 5.48 Å². The zero-order valence-electron chi connectivity index (χ0n) is 7.88. The molecule has 72 valence electrons. The summed E-state index contributed by atoms with van der Waals surface area (Å²) in [7, 11) is 1.54. The fraction of sp³-hybridized carbons (Fsp3) is 0.400. The molecule has 0 aromatic heterocycles. The van der Waals surface area contributed by atoms with Crippen LogP contribution in [-0.4, -0.2) is 7.11 Å². The average Bonchev–Trinajstić information content (AvgIpc) is 2.15. The first kappa shape index (κ1) is 10.2. The van der Waals surface area contributed by atoms with Crippen molar-refractivity contribution in [3.05, 3.63) is 35.4 Å². The molecule has 0 bridgehead atoms. The molecule has 0 aliphatic rings. The van der Waals surface area contributed by atoms with Gasteiger partial charge in [-0.15, -0.1) is 0 Å². The minimum atomic E-state index is -0.935. The normalized spacial score (nSPS) is 12.8. The van der Waals surface area contributed by atoms with Gasteiger partial charge in [-0.3, -0.25) is 0 Å². The maximum absolute atomic E-state index is 13.1. The van der Waals surface area contributed by atoms with Crippen LogP contribution in [0.3, 0.4) is 0 Å². The van der Waals surface area contributed by atoms with E-state index in [1.54, 1.807) is 13.2 Å². The van der Waals surface area contributed by atoms with Crippen molar-refractivity contribution in [2.75, 3.05) is 7.11 Å². The monoisotopic (exact) mass is 183 g/mol. The largest absolute Gasteiger partial charge is 0.305 e. The Hall–Kier alpha value is -0.930. The minimum Gasteiger partial charge on any atom is -0.305 e. The van der Waals surface area contributed by atoms with Crippen molar-refractivity contribution in [1.82, 2.24) is 5.48 Å². The zero-order valence-corrected chi connectivity index (χ0v) is 7.88. The second-order valence-corrected chi connectivity index (χ2v) is 2.84. The second kappa shape index (κ2) is 4.94. The van der Waals surface area contributed by atoms with Crippen LogP contribution >= 0.6 is 0 Å². The molecule has 1 unspecified atom stereocenters. The summed E-state index contributed by atoms with van der Waals surface area (Å²) in [5.74, 6) is 0. The fourth-order valence-corrected chi connectivity index (χ4v) is 1.23. The molecule has 0 spiro atoms. The van der Waals surface area contributed by atoms with Gasteiger partial charge in [0.05, 0.1) is 7.11 Å². The molecule has 0 radical (unpaired) electrons. The van der Waals surface area contributed by atoms with E-state index in [2.05, 4.69) is 5.48 Å². The molecule has 3 heteroatoms. The molecule has 1 aromatic rings. The van der Waals surface area contributed by atoms with Crippen molar-refractivity contribution < 1.29 is 9.23 Å². The summed E-state index contributed by atoms with van der Waals surface area (Å²) in [4.78, 5) is 4.71. The predicted octanol–water partition coefficient (Wildman–Crippen LogP) is 2.37. The van der Waals surface area contributed by atoms with Crippen molar-refractivity contribution in [1.29, 1.82) is 0 Å². The van der Waals surface area contributed by atoms with Crippen molar-refractivity contribution in [2.45, 2.75) is 19.6 Å². The van der Waals surface area contributed by atoms with Gasteiger partial charge in [0.2, 0.25) is 0 Å². The van der Waals surface area contributed by atoms with Crippen molar-refractivity contribution in [2.24, 2.45) is 0 Å². The molecule has 1 rings (SSSR count). The predicted molar refractivity (Wildman–Crippen MR) is 49.8 cm³/mol. The Morgan fingerprint density at radius 2 is 2.15 bits per heavy atom. The lowest BCUT2D eigenvalue weighted by molar-refractivity contribution is 0.0863. The molecule has 0 amide bonds. The van der Waals surface area contributed by atoms with Gasteiger partial charge in [-0.05, 0) is 18.1 Å². The number of benzene rings is 1. The Bertz CT molecular complexity index is 263. The van der Waals surface area contributed by atoms with Crippen LogP contribution in [0.4, 0.5) is 4.39 Å². The summed E-state index contributed by atoms with van der Waals surface area (Å²) in [6.45, 7) is 2.06. The molecule has 0 saturated heterocycles. The molecule has 0 heterocycles. The maximum atomic E-state index is 13.1. The summed E-state index contributed by atoms with van der Waals surface area (Å²) in [5, 5.41) is 0. The second-order valence-electron chi connectivity index (χ2n) is 2.84. The van der Waals surface area contributed by atoms with Gasteiger partial charge in [-0.25, -0.2) is 4.39 Å². The Kier molecular flexibility index (Phi) is 3.86. The van der Waals surface area contributed by atoms with E-state index in [9.17, 15) is 4.39 Å². The van der Waals surface area contributed by atoms with Gasteiger partial charge in [0.1, 0.15) is 6.17 Å². The Morgan fingerprint density at radius 3 is 2.77 bits per heavy atom. The van der Waals surface area contributed by atoms with Crippen LogP contribution in [-0.2, 0) is 11.4 Å². The number of hydrogen-bond donors (Lipinski definition) is 1. The van der Waals surface area contributed by atoms with Crippen LogP contribution < -0.4 is 5.48 Å². The number of halogens is 1. The topological polar surface area (TPSA) is 21.3 Å². The number of alkyl halides is 1. The maximum Gasteiger partial charge on any atom is 0.123 e. The highest BCUT2D eigenvalue weighted by atomic mass is 19.1. The first-order chi connectivity index (χ1) is 6.25. The van der Waals surface area contributed by atoms with Crippen LogP contribution in [0.5, 0.6) is 0 Å². The Morgan fingerprint density at radius 1 is 1.46 bits per heavy atom. The quantitative estimate of drug-likeness (QED) is 0.723. The van der Waals surface area contributed by atoms with Crippen LogP contribution in [0.25, 0.3) is 0 Å². The van der Waals surface area contributed by atoms with E-state index < -0.39 is 6.17 Å². The number of rotatable bonds is 4. The highest BCUT2D eigenvalue weighted by Gasteiger charge is 2.07. The SMILES string of the molecule is CONCc1ccccc1C(C)F. The van der Waals surface area contributed by atoms with E-state index in [0.717, 1.165) is 5.56 Å². The third-order valence-corrected chi connectivity index (χ3v) is 1.89. The lowest BCUT2D eigenvalue weighted by Crippen LogP contribution is -2.12. The van der Waals surface area contributed by atoms with E-state index >= 15 is 0 Å². The molecule has 0 fully saturated rings. The minimum absolute atomic E-state index is 0.529. The third-order valence-electron chi connectivity index (χ3n) is 1.89. The average molecular weight is 183 g/mol. The van der Waals surface area contributed by atoms with E-state index in [-0.39, 0.29) is 0 Å². The standard InChI is InChI=1S/C10H14FNO/c1-8(11)10-6-4-3-5-9(10)7-12-13-2/h3-6,8,12H,7H2,1-2H3. The molecule has 13 heavy (non-hydrogen) atoms. The van der Waals surface area contributed by atoms with Crippen molar-refractivity contribution >= 4 is 0 Å². The molecule has 0 aliphatic heterocycles. The van der Waals surface area contributed by atoms with Gasteiger partial charge >= 0.3 is 0 Å². The molecule has 1 aromatic carbocycles. The number of nitrogens with one attached hydrogen (secondary N) is 1. The van der Waals surface area contributed by atoms with Gasteiger partial charge in [0.25, 0.3) is 0 Å². The summed E-state index contributed by atoms with van der Waals surface area (Å²) < 4.78 is 13.1. The first-order valence-corrected chi connectivity index (χ1v) is 4.23. The molecule has 1 N–H and O–H groups in total. The summed E-state index contributed by atoms with van der Waals surface area (Å²) in [5.41, 5.74) is 4.34. The fourth-order valence-electron chi connectivity index (χ4n) is 1.23. The highest BCUT2D eigenvalue weighted by molar-refractivity contribution is 5.28. The van der Waals surface area contributed by atoms with E-state index in [4.69, 9.17) is 4.84 Å². The Balaban J connectivity index is 2.78. The van der Waals surface area contributed by atoms with Crippen molar-refractivity contribution in [3.8, 4) is 0 Å². The molecular formula is C10H14FNO. The van der Waals surface area contributed by atoms with E-state index in [1.807, 2.05) is 18.2 Å². The summed E-state index contributed by atoms with van der Waals surface area (Å²) in [6, 6.07) is 7.40. The summed E-state index contributed by atoms with van der Waals surface area (Å²) >= 11 is 0. The van der Waals surface area contributed by atoms with Crippen LogP contribution in [0.15, 0.2) is 24.3 Å². The lowest BCUT2D eigenvalue weighted by atomic mass is 10.0. The number of hydroxylamine groups is 1. The third kappa shape index (κ3) is 2.79. The first-order valence-electron chi connectivity index (χ1n) is 4.23. The lowest BCUT2D eigenvalue weighted by Gasteiger charge is -2.09. The van der Waals surface area contributed by atoms with Crippen LogP contribution in [0.1, 0.15) is 24.2 Å². The van der Waals surface area contributed by atoms with E-state index in [0.29, 0.717) is 12.1 Å². The van der Waals surface area contributed by atoms with Gasteiger partial charge in [-0.1, -0.05) is 24.3 Å². The molecule has 2 nitrogen and oxygen atoms in total. The van der Waals surface area contributed by atoms with Crippen molar-refractivity contribution in [3.63, 3.8) is 0 Å². The van der Waals surface area contributed by atoms with Gasteiger partial charge in [0.15, 0.2) is 0 Å². The van der Waals surface area contributed by atoms with Gasteiger partial charge in [0, 0.05) is 6.54 Å². The summed E-state index contributed by atoms with van der Waals surface area (Å²) in [6.07, 6.45) is -0.935. The van der Waals surface area contributed by atoms with Crippen LogP contribution in [0.2, 0.25) is 0 Å². The zero-order chi connectivity index (χ0) is 9.68. The highest BCUT2D eigenvalue weighted by Crippen LogP contribution is 2.20. The van der Waals surface area contributed by atoms with Crippen LogP contribution in [0, 0.1) is 0 Å². The molecular weight excluding hydrogens is 169 g/mol. The number of hydrogen-bond acceptors (Lipinski definition) is 2. The van der Waals surface area contributed by atoms with Gasteiger partial charge < -0.3 is 4.84 Å². The van der Waals surface area contributed by atoms with E-state index in [1.165, 1.54) is 6.92 Å². The Labute approximate surface area is 77.7 Å². The molecule has 0 saturated carbocycles. The smallest absolute Gasteiger partial charge is 0.123 e. The molecule has 1 atom stereocenters. The molecule has 0 aliphatic carbocycles.